The van der Waals surface area contributed by atoms with Crippen LogP contribution in [0.15, 0.2) is 35.1 Å². The Kier molecular flexibility index (Phi) is 5.09. The van der Waals surface area contributed by atoms with Crippen molar-refractivity contribution < 1.29 is 14.3 Å². The lowest BCUT2D eigenvalue weighted by Crippen LogP contribution is -2.31. The number of aryl methyl sites for hydroxylation is 1. The zero-order chi connectivity index (χ0) is 17.8. The summed E-state index contributed by atoms with van der Waals surface area (Å²) in [5, 5.41) is 2.75. The van der Waals surface area contributed by atoms with Crippen molar-refractivity contribution in [2.75, 3.05) is 7.11 Å². The minimum Gasteiger partial charge on any atom is -0.380 e. The van der Waals surface area contributed by atoms with Gasteiger partial charge in [-0.3, -0.25) is 14.4 Å². The van der Waals surface area contributed by atoms with Crippen LogP contribution in [-0.2, 0) is 24.3 Å². The van der Waals surface area contributed by atoms with Gasteiger partial charge in [-0.05, 0) is 30.0 Å². The number of Topliss-reactive ketones (excluding diaryl/α,β-unsaturated/α-hetero) is 1. The van der Waals surface area contributed by atoms with Crippen LogP contribution in [0.3, 0.4) is 0 Å². The Morgan fingerprint density at radius 3 is 2.72 bits per heavy atom. The molecule has 0 spiro atoms. The summed E-state index contributed by atoms with van der Waals surface area (Å²) < 4.78 is 5.15. The Hall–Kier alpha value is -2.73. The van der Waals surface area contributed by atoms with Gasteiger partial charge in [-0.1, -0.05) is 24.3 Å². The van der Waals surface area contributed by atoms with Gasteiger partial charge in [0, 0.05) is 31.3 Å². The van der Waals surface area contributed by atoms with Gasteiger partial charge in [0.15, 0.2) is 5.78 Å². The van der Waals surface area contributed by atoms with Crippen molar-refractivity contribution in [3.05, 3.63) is 68.6 Å². The summed E-state index contributed by atoms with van der Waals surface area (Å²) in [5.74, 6) is -0.522. The summed E-state index contributed by atoms with van der Waals surface area (Å²) in [6.45, 7) is 0.725. The number of hydrogen-bond acceptors (Lipinski definition) is 4. The SMILES string of the molecule is COCc1ccccc1CNC(=O)c1cc2c([nH]c1=O)CCCC2=O. The predicted molar refractivity (Wildman–Crippen MR) is 92.7 cm³/mol. The van der Waals surface area contributed by atoms with Crippen molar-refractivity contribution in [2.24, 2.45) is 0 Å². The Labute approximate surface area is 145 Å². The number of carbonyl (C=O) groups excluding carboxylic acids is 2. The quantitative estimate of drug-likeness (QED) is 0.871. The van der Waals surface area contributed by atoms with Crippen LogP contribution in [0.5, 0.6) is 0 Å². The molecule has 1 aromatic heterocycles. The van der Waals surface area contributed by atoms with Gasteiger partial charge in [0.2, 0.25) is 0 Å². The molecule has 2 N–H and O–H groups in total. The van der Waals surface area contributed by atoms with Gasteiger partial charge in [-0.2, -0.15) is 0 Å². The Balaban J connectivity index is 1.79. The minimum atomic E-state index is -0.491. The number of methoxy groups -OCH3 is 1. The molecule has 6 heteroatoms. The van der Waals surface area contributed by atoms with Crippen molar-refractivity contribution in [1.29, 1.82) is 0 Å². The Morgan fingerprint density at radius 2 is 1.96 bits per heavy atom. The van der Waals surface area contributed by atoms with E-state index in [0.717, 1.165) is 17.5 Å². The molecule has 0 bridgehead atoms. The van der Waals surface area contributed by atoms with E-state index in [1.165, 1.54) is 6.07 Å². The molecule has 1 aliphatic rings. The first-order valence-electron chi connectivity index (χ1n) is 8.23. The molecule has 3 rings (SSSR count). The number of H-pyrrole nitrogens is 1. The number of fused-ring (bicyclic) bond motifs is 1. The van der Waals surface area contributed by atoms with Gasteiger partial charge in [-0.25, -0.2) is 0 Å². The summed E-state index contributed by atoms with van der Waals surface area (Å²) in [6, 6.07) is 9.03. The summed E-state index contributed by atoms with van der Waals surface area (Å²) in [7, 11) is 1.61. The minimum absolute atomic E-state index is 0.0294. The third-order valence-corrected chi connectivity index (χ3v) is 4.36. The van der Waals surface area contributed by atoms with Crippen LogP contribution >= 0.6 is 0 Å². The van der Waals surface area contributed by atoms with Gasteiger partial charge in [0.1, 0.15) is 5.56 Å². The summed E-state index contributed by atoms with van der Waals surface area (Å²) in [6.07, 6.45) is 1.83. The van der Waals surface area contributed by atoms with Gasteiger partial charge < -0.3 is 15.0 Å². The second kappa shape index (κ2) is 7.44. The van der Waals surface area contributed by atoms with E-state index >= 15 is 0 Å². The maximum absolute atomic E-state index is 12.4. The third-order valence-electron chi connectivity index (χ3n) is 4.36. The fourth-order valence-corrected chi connectivity index (χ4v) is 3.04. The lowest BCUT2D eigenvalue weighted by Gasteiger charge is -2.15. The zero-order valence-electron chi connectivity index (χ0n) is 14.1. The second-order valence-electron chi connectivity index (χ2n) is 6.07. The van der Waals surface area contributed by atoms with Crippen molar-refractivity contribution in [3.63, 3.8) is 0 Å². The summed E-state index contributed by atoms with van der Waals surface area (Å²) >= 11 is 0. The topological polar surface area (TPSA) is 88.3 Å². The fourth-order valence-electron chi connectivity index (χ4n) is 3.04. The first-order chi connectivity index (χ1) is 12.1. The van der Waals surface area contributed by atoms with E-state index in [1.54, 1.807) is 7.11 Å². The van der Waals surface area contributed by atoms with Crippen LogP contribution in [0.25, 0.3) is 0 Å². The smallest absolute Gasteiger partial charge is 0.261 e. The molecule has 6 nitrogen and oxygen atoms in total. The van der Waals surface area contributed by atoms with Crippen LogP contribution in [-0.4, -0.2) is 23.8 Å². The summed E-state index contributed by atoms with van der Waals surface area (Å²) in [5.41, 5.74) is 2.48. The van der Waals surface area contributed by atoms with E-state index in [2.05, 4.69) is 10.3 Å². The number of nitrogens with one attached hydrogen (secondary N) is 2. The highest BCUT2D eigenvalue weighted by Crippen LogP contribution is 2.18. The highest BCUT2D eigenvalue weighted by atomic mass is 16.5. The van der Waals surface area contributed by atoms with Crippen LogP contribution < -0.4 is 10.9 Å². The van der Waals surface area contributed by atoms with Gasteiger partial charge in [-0.15, -0.1) is 0 Å². The van der Waals surface area contributed by atoms with E-state index in [-0.39, 0.29) is 17.9 Å². The Morgan fingerprint density at radius 1 is 1.20 bits per heavy atom. The molecule has 2 aromatic rings. The zero-order valence-corrected chi connectivity index (χ0v) is 14.1. The van der Waals surface area contributed by atoms with Crippen molar-refractivity contribution in [3.8, 4) is 0 Å². The van der Waals surface area contributed by atoms with Crippen molar-refractivity contribution in [1.82, 2.24) is 10.3 Å². The van der Waals surface area contributed by atoms with Gasteiger partial charge >= 0.3 is 0 Å². The Bertz CT molecular complexity index is 870. The number of hydrogen-bond donors (Lipinski definition) is 2. The number of carbonyl (C=O) groups is 2. The monoisotopic (exact) mass is 340 g/mol. The molecule has 25 heavy (non-hydrogen) atoms. The number of benzene rings is 1. The molecule has 0 atom stereocenters. The van der Waals surface area contributed by atoms with Gasteiger partial charge in [0.25, 0.3) is 11.5 Å². The van der Waals surface area contributed by atoms with E-state index in [4.69, 9.17) is 4.74 Å². The highest BCUT2D eigenvalue weighted by molar-refractivity contribution is 6.01. The molecule has 0 aliphatic heterocycles. The normalized spacial score (nSPS) is 13.4. The average molecular weight is 340 g/mol. The molecule has 1 aromatic carbocycles. The standard InChI is InChI=1S/C19H20N2O4/c1-25-11-13-6-3-2-5-12(13)10-20-18(23)15-9-14-16(21-19(15)24)7-4-8-17(14)22/h2-3,5-6,9H,4,7-8,10-11H2,1H3,(H,20,23)(H,21,24). The largest absolute Gasteiger partial charge is 0.380 e. The maximum Gasteiger partial charge on any atom is 0.261 e. The van der Waals surface area contributed by atoms with Crippen LogP contribution in [0.4, 0.5) is 0 Å². The number of amides is 1. The van der Waals surface area contributed by atoms with Crippen LogP contribution in [0.2, 0.25) is 0 Å². The molecule has 0 radical (unpaired) electrons. The highest BCUT2D eigenvalue weighted by Gasteiger charge is 2.22. The first kappa shape index (κ1) is 17.1. The van der Waals surface area contributed by atoms with E-state index in [1.807, 2.05) is 24.3 Å². The van der Waals surface area contributed by atoms with E-state index < -0.39 is 11.5 Å². The molecule has 1 aliphatic carbocycles. The van der Waals surface area contributed by atoms with Gasteiger partial charge in [0.05, 0.1) is 6.61 Å². The lowest BCUT2D eigenvalue weighted by atomic mass is 9.93. The molecular weight excluding hydrogens is 320 g/mol. The molecular formula is C19H20N2O4. The summed E-state index contributed by atoms with van der Waals surface area (Å²) in [4.78, 5) is 39.3. The lowest BCUT2D eigenvalue weighted by molar-refractivity contribution is 0.0949. The van der Waals surface area contributed by atoms with Crippen LogP contribution in [0, 0.1) is 0 Å². The fraction of sp³-hybridized carbons (Fsp3) is 0.316. The maximum atomic E-state index is 12.4. The number of aromatic nitrogens is 1. The number of rotatable bonds is 5. The molecule has 1 amide bonds. The second-order valence-corrected chi connectivity index (χ2v) is 6.07. The number of ketones is 1. The number of pyridine rings is 1. The molecule has 0 saturated heterocycles. The van der Waals surface area contributed by atoms with E-state index in [0.29, 0.717) is 30.7 Å². The molecule has 130 valence electrons. The molecule has 0 saturated carbocycles. The van der Waals surface area contributed by atoms with E-state index in [9.17, 15) is 14.4 Å². The van der Waals surface area contributed by atoms with Crippen molar-refractivity contribution in [2.45, 2.75) is 32.4 Å². The average Bonchev–Trinajstić information content (AvgIpc) is 2.61. The van der Waals surface area contributed by atoms with Crippen molar-refractivity contribution >= 4 is 11.7 Å². The third kappa shape index (κ3) is 3.69. The predicted octanol–water partition coefficient (Wildman–Crippen LogP) is 1.97. The molecule has 0 unspecified atom stereocenters. The molecule has 0 fully saturated rings. The number of aromatic amines is 1. The first-order valence-corrected chi connectivity index (χ1v) is 8.23. The van der Waals surface area contributed by atoms with Crippen LogP contribution in [0.1, 0.15) is 50.4 Å². The number of ether oxygens (including phenoxy) is 1. The molecule has 1 heterocycles.